The third-order valence-electron chi connectivity index (χ3n) is 3.44. The third-order valence-corrected chi connectivity index (χ3v) is 3.44. The van der Waals surface area contributed by atoms with E-state index in [1.165, 1.54) is 5.69 Å². The summed E-state index contributed by atoms with van der Waals surface area (Å²) < 4.78 is 11.0. The van der Waals surface area contributed by atoms with Crippen LogP contribution in [0, 0.1) is 0 Å². The highest BCUT2D eigenvalue weighted by molar-refractivity contribution is 5.48. The van der Waals surface area contributed by atoms with Gasteiger partial charge in [0.05, 0.1) is 13.2 Å². The van der Waals surface area contributed by atoms with Crippen LogP contribution in [0.25, 0.3) is 0 Å². The number of pyridine rings is 1. The molecule has 1 saturated heterocycles. The van der Waals surface area contributed by atoms with Crippen LogP contribution in [-0.4, -0.2) is 44.4 Å². The predicted octanol–water partition coefficient (Wildman–Crippen LogP) is 1.42. The number of ether oxygens (including phenoxy) is 2. The first kappa shape index (κ1) is 14.1. The van der Waals surface area contributed by atoms with Gasteiger partial charge in [0.25, 0.3) is 0 Å². The molecular weight excluding hydrogens is 242 g/mol. The average molecular weight is 265 g/mol. The average Bonchev–Trinajstić information content (AvgIpc) is 2.48. The summed E-state index contributed by atoms with van der Waals surface area (Å²) in [6, 6.07) is 4.01. The van der Waals surface area contributed by atoms with E-state index in [0.29, 0.717) is 18.5 Å². The monoisotopic (exact) mass is 265 g/mol. The van der Waals surface area contributed by atoms with Crippen molar-refractivity contribution in [3.63, 3.8) is 0 Å². The Morgan fingerprint density at radius 3 is 2.89 bits per heavy atom. The Bertz CT molecular complexity index is 379. The topological polar surface area (TPSA) is 60.6 Å². The first-order chi connectivity index (χ1) is 9.33. The molecule has 19 heavy (non-hydrogen) atoms. The molecule has 1 aliphatic rings. The largest absolute Gasteiger partial charge is 0.481 e. The Balaban J connectivity index is 1.82. The minimum Gasteiger partial charge on any atom is -0.481 e. The van der Waals surface area contributed by atoms with Gasteiger partial charge in [-0.1, -0.05) is 0 Å². The smallest absolute Gasteiger partial charge is 0.214 e. The van der Waals surface area contributed by atoms with Crippen molar-refractivity contribution >= 4 is 5.69 Å². The molecule has 0 saturated carbocycles. The van der Waals surface area contributed by atoms with Gasteiger partial charge < -0.3 is 20.1 Å². The van der Waals surface area contributed by atoms with Crippen molar-refractivity contribution in [2.24, 2.45) is 5.73 Å². The van der Waals surface area contributed by atoms with Gasteiger partial charge in [-0.05, 0) is 31.9 Å². The summed E-state index contributed by atoms with van der Waals surface area (Å²) >= 11 is 0. The lowest BCUT2D eigenvalue weighted by Crippen LogP contribution is -2.37. The van der Waals surface area contributed by atoms with Crippen LogP contribution in [0.5, 0.6) is 5.88 Å². The second-order valence-electron chi connectivity index (χ2n) is 4.76. The molecular formula is C14H23N3O2. The van der Waals surface area contributed by atoms with Crippen molar-refractivity contribution < 1.29 is 9.47 Å². The lowest BCUT2D eigenvalue weighted by molar-refractivity contribution is 0.0366. The van der Waals surface area contributed by atoms with Crippen LogP contribution in [0.2, 0.25) is 0 Å². The Morgan fingerprint density at radius 1 is 1.42 bits per heavy atom. The standard InChI is InChI=1S/C14H23N3O2/c1-18-14-11-12(3-7-16-14)17-8-4-13(5-9-17)19-10-2-6-15/h3,7,11,13H,2,4-6,8-10,15H2,1H3. The molecule has 2 N–H and O–H groups in total. The first-order valence-electron chi connectivity index (χ1n) is 6.90. The molecule has 0 spiro atoms. The summed E-state index contributed by atoms with van der Waals surface area (Å²) in [6.45, 7) is 3.51. The Labute approximate surface area is 114 Å². The van der Waals surface area contributed by atoms with Crippen molar-refractivity contribution in [3.05, 3.63) is 18.3 Å². The van der Waals surface area contributed by atoms with Gasteiger partial charge in [-0.3, -0.25) is 0 Å². The number of piperidine rings is 1. The van der Waals surface area contributed by atoms with Crippen LogP contribution in [0.4, 0.5) is 5.69 Å². The van der Waals surface area contributed by atoms with E-state index >= 15 is 0 Å². The zero-order valence-electron chi connectivity index (χ0n) is 11.5. The number of anilines is 1. The molecule has 0 aromatic carbocycles. The molecule has 5 nitrogen and oxygen atoms in total. The van der Waals surface area contributed by atoms with Crippen LogP contribution in [-0.2, 0) is 4.74 Å². The molecule has 1 fully saturated rings. The molecule has 1 aromatic rings. The molecule has 5 heteroatoms. The lowest BCUT2D eigenvalue weighted by atomic mass is 10.1. The van der Waals surface area contributed by atoms with Gasteiger partial charge in [0.2, 0.25) is 5.88 Å². The van der Waals surface area contributed by atoms with E-state index in [1.54, 1.807) is 13.3 Å². The molecule has 0 bridgehead atoms. The zero-order valence-corrected chi connectivity index (χ0v) is 11.5. The highest BCUT2D eigenvalue weighted by atomic mass is 16.5. The molecule has 0 unspecified atom stereocenters. The van der Waals surface area contributed by atoms with Crippen molar-refractivity contribution in [1.29, 1.82) is 0 Å². The number of nitrogens with zero attached hydrogens (tertiary/aromatic N) is 2. The number of hydrogen-bond acceptors (Lipinski definition) is 5. The molecule has 0 aliphatic carbocycles. The van der Waals surface area contributed by atoms with Crippen LogP contribution in [0.15, 0.2) is 18.3 Å². The number of hydrogen-bond donors (Lipinski definition) is 1. The number of aromatic nitrogens is 1. The van der Waals surface area contributed by atoms with Crippen molar-refractivity contribution in [3.8, 4) is 5.88 Å². The Kier molecular flexibility index (Phi) is 5.42. The molecule has 1 aliphatic heterocycles. The van der Waals surface area contributed by atoms with Gasteiger partial charge >= 0.3 is 0 Å². The summed E-state index contributed by atoms with van der Waals surface area (Å²) in [7, 11) is 1.64. The maximum absolute atomic E-state index is 5.81. The normalized spacial score (nSPS) is 16.6. The first-order valence-corrected chi connectivity index (χ1v) is 6.90. The minimum absolute atomic E-state index is 0.381. The van der Waals surface area contributed by atoms with Crippen molar-refractivity contribution in [2.45, 2.75) is 25.4 Å². The van der Waals surface area contributed by atoms with Gasteiger partial charge in [-0.25, -0.2) is 4.98 Å². The summed E-state index contributed by atoms with van der Waals surface area (Å²) in [4.78, 5) is 6.49. The Morgan fingerprint density at radius 2 is 2.21 bits per heavy atom. The molecule has 0 radical (unpaired) electrons. The maximum Gasteiger partial charge on any atom is 0.214 e. The highest BCUT2D eigenvalue weighted by Gasteiger charge is 2.20. The van der Waals surface area contributed by atoms with Crippen LogP contribution < -0.4 is 15.4 Å². The maximum atomic E-state index is 5.81. The molecule has 2 rings (SSSR count). The number of rotatable bonds is 6. The zero-order chi connectivity index (χ0) is 13.5. The summed E-state index contributed by atoms with van der Waals surface area (Å²) in [5, 5.41) is 0. The van der Waals surface area contributed by atoms with E-state index < -0.39 is 0 Å². The predicted molar refractivity (Wildman–Crippen MR) is 75.6 cm³/mol. The molecule has 2 heterocycles. The SMILES string of the molecule is COc1cc(N2CCC(OCCCN)CC2)ccn1. The molecule has 106 valence electrons. The van der Waals surface area contributed by atoms with E-state index in [-0.39, 0.29) is 0 Å². The van der Waals surface area contributed by atoms with E-state index in [4.69, 9.17) is 15.2 Å². The lowest BCUT2D eigenvalue weighted by Gasteiger charge is -2.33. The summed E-state index contributed by atoms with van der Waals surface area (Å²) in [5.74, 6) is 0.666. The number of nitrogens with two attached hydrogens (primary N) is 1. The van der Waals surface area contributed by atoms with E-state index in [1.807, 2.05) is 12.1 Å². The van der Waals surface area contributed by atoms with Crippen molar-refractivity contribution in [2.75, 3.05) is 38.3 Å². The van der Waals surface area contributed by atoms with Gasteiger partial charge in [-0.2, -0.15) is 0 Å². The van der Waals surface area contributed by atoms with Crippen LogP contribution >= 0.6 is 0 Å². The summed E-state index contributed by atoms with van der Waals surface area (Å²) in [6.07, 6.45) is 5.25. The highest BCUT2D eigenvalue weighted by Crippen LogP contribution is 2.23. The molecule has 0 atom stereocenters. The second kappa shape index (κ2) is 7.31. The summed E-state index contributed by atoms with van der Waals surface area (Å²) in [5.41, 5.74) is 6.64. The fraction of sp³-hybridized carbons (Fsp3) is 0.643. The third kappa shape index (κ3) is 4.08. The van der Waals surface area contributed by atoms with E-state index in [0.717, 1.165) is 39.0 Å². The van der Waals surface area contributed by atoms with E-state index in [9.17, 15) is 0 Å². The quantitative estimate of drug-likeness (QED) is 0.788. The van der Waals surface area contributed by atoms with Crippen LogP contribution in [0.1, 0.15) is 19.3 Å². The molecule has 0 amide bonds. The second-order valence-corrected chi connectivity index (χ2v) is 4.76. The van der Waals surface area contributed by atoms with Gasteiger partial charge in [0, 0.05) is 37.6 Å². The fourth-order valence-electron chi connectivity index (χ4n) is 2.32. The van der Waals surface area contributed by atoms with Crippen LogP contribution in [0.3, 0.4) is 0 Å². The fourth-order valence-corrected chi connectivity index (χ4v) is 2.32. The van der Waals surface area contributed by atoms with E-state index in [2.05, 4.69) is 9.88 Å². The number of methoxy groups -OCH3 is 1. The minimum atomic E-state index is 0.381. The molecule has 1 aromatic heterocycles. The Hall–Kier alpha value is -1.33. The van der Waals surface area contributed by atoms with Crippen molar-refractivity contribution in [1.82, 2.24) is 4.98 Å². The van der Waals surface area contributed by atoms with Gasteiger partial charge in [0.15, 0.2) is 0 Å². The van der Waals surface area contributed by atoms with Gasteiger partial charge in [0.1, 0.15) is 0 Å². The van der Waals surface area contributed by atoms with Gasteiger partial charge in [-0.15, -0.1) is 0 Å².